The molecule has 0 aliphatic heterocycles. The van der Waals surface area contributed by atoms with Crippen LogP contribution in [0, 0.1) is 0 Å². The van der Waals surface area contributed by atoms with Crippen LogP contribution < -0.4 is 10.5 Å². The number of aromatic hydroxyl groups is 1. The largest absolute Gasteiger partial charge is 0.573 e. The van der Waals surface area contributed by atoms with Gasteiger partial charge in [0.15, 0.2) is 0 Å². The highest BCUT2D eigenvalue weighted by atomic mass is 19.4. The number of benzene rings is 2. The second-order valence-corrected chi connectivity index (χ2v) is 3.85. The maximum absolute atomic E-state index is 12.0. The molecule has 0 heterocycles. The third kappa shape index (κ3) is 3.31. The number of hydrogen-bond acceptors (Lipinski definition) is 3. The van der Waals surface area contributed by atoms with Gasteiger partial charge in [0.25, 0.3) is 0 Å². The third-order valence-corrected chi connectivity index (χ3v) is 2.42. The molecule has 2 aromatic rings. The van der Waals surface area contributed by atoms with E-state index in [4.69, 9.17) is 5.73 Å². The lowest BCUT2D eigenvalue weighted by Gasteiger charge is -2.11. The maximum atomic E-state index is 12.0. The highest BCUT2D eigenvalue weighted by Gasteiger charge is 2.31. The molecule has 0 unspecified atom stereocenters. The van der Waals surface area contributed by atoms with Crippen molar-refractivity contribution < 1.29 is 23.0 Å². The van der Waals surface area contributed by atoms with Gasteiger partial charge in [-0.3, -0.25) is 0 Å². The first-order chi connectivity index (χ1) is 8.85. The standard InChI is InChI=1S/C13H10F3NO2/c14-13(15,16)19-10-5-6-11(12(18)7-10)8-1-3-9(17)4-2-8/h1-7,18H,17H2. The van der Waals surface area contributed by atoms with Gasteiger partial charge < -0.3 is 15.6 Å². The van der Waals surface area contributed by atoms with Gasteiger partial charge in [0.2, 0.25) is 0 Å². The van der Waals surface area contributed by atoms with E-state index < -0.39 is 12.1 Å². The Morgan fingerprint density at radius 2 is 1.63 bits per heavy atom. The van der Waals surface area contributed by atoms with Crippen LogP contribution in [0.3, 0.4) is 0 Å². The topological polar surface area (TPSA) is 55.5 Å². The van der Waals surface area contributed by atoms with Crippen LogP contribution >= 0.6 is 0 Å². The second-order valence-electron chi connectivity index (χ2n) is 3.85. The van der Waals surface area contributed by atoms with Gasteiger partial charge in [-0.25, -0.2) is 0 Å². The SMILES string of the molecule is Nc1ccc(-c2ccc(OC(F)(F)F)cc2O)cc1. The molecule has 2 rings (SSSR count). The van der Waals surface area contributed by atoms with E-state index in [-0.39, 0.29) is 5.75 Å². The summed E-state index contributed by atoms with van der Waals surface area (Å²) >= 11 is 0. The van der Waals surface area contributed by atoms with Crippen molar-refractivity contribution in [2.24, 2.45) is 0 Å². The van der Waals surface area contributed by atoms with E-state index in [2.05, 4.69) is 4.74 Å². The highest BCUT2D eigenvalue weighted by molar-refractivity contribution is 5.72. The summed E-state index contributed by atoms with van der Waals surface area (Å²) in [5.41, 5.74) is 7.13. The molecular weight excluding hydrogens is 259 g/mol. The zero-order valence-corrected chi connectivity index (χ0v) is 9.61. The van der Waals surface area contributed by atoms with E-state index >= 15 is 0 Å². The molecule has 100 valence electrons. The molecule has 0 aliphatic rings. The van der Waals surface area contributed by atoms with Crippen LogP contribution in [0.5, 0.6) is 11.5 Å². The predicted molar refractivity (Wildman–Crippen MR) is 64.6 cm³/mol. The molecule has 3 N–H and O–H groups in total. The Bertz CT molecular complexity index is 579. The molecule has 3 nitrogen and oxygen atoms in total. The van der Waals surface area contributed by atoms with Gasteiger partial charge in [-0.1, -0.05) is 12.1 Å². The molecular formula is C13H10F3NO2. The molecule has 0 aromatic heterocycles. The van der Waals surface area contributed by atoms with Gasteiger partial charge in [0, 0.05) is 17.3 Å². The Balaban J connectivity index is 2.31. The predicted octanol–water partition coefficient (Wildman–Crippen LogP) is 3.54. The number of anilines is 1. The molecule has 0 radical (unpaired) electrons. The number of phenolic OH excluding ortho intramolecular Hbond substituents is 1. The first kappa shape index (κ1) is 13.1. The van der Waals surface area contributed by atoms with Gasteiger partial charge >= 0.3 is 6.36 Å². The fourth-order valence-corrected chi connectivity index (χ4v) is 1.62. The van der Waals surface area contributed by atoms with Crippen molar-refractivity contribution in [3.05, 3.63) is 42.5 Å². The number of phenols is 1. The van der Waals surface area contributed by atoms with Crippen LogP contribution in [-0.2, 0) is 0 Å². The van der Waals surface area contributed by atoms with Crippen molar-refractivity contribution in [1.82, 2.24) is 0 Å². The summed E-state index contributed by atoms with van der Waals surface area (Å²) < 4.78 is 39.8. The molecule has 0 saturated heterocycles. The van der Waals surface area contributed by atoms with E-state index in [1.54, 1.807) is 24.3 Å². The summed E-state index contributed by atoms with van der Waals surface area (Å²) in [6.45, 7) is 0. The van der Waals surface area contributed by atoms with Gasteiger partial charge in [-0.2, -0.15) is 0 Å². The summed E-state index contributed by atoms with van der Waals surface area (Å²) in [4.78, 5) is 0. The number of nitrogens with two attached hydrogens (primary N) is 1. The maximum Gasteiger partial charge on any atom is 0.573 e. The second kappa shape index (κ2) is 4.72. The van der Waals surface area contributed by atoms with Crippen LogP contribution in [0.4, 0.5) is 18.9 Å². The minimum atomic E-state index is -4.78. The number of alkyl halides is 3. The first-order valence-electron chi connectivity index (χ1n) is 5.30. The molecule has 2 aromatic carbocycles. The summed E-state index contributed by atoms with van der Waals surface area (Å²) in [5.74, 6) is -0.768. The fraction of sp³-hybridized carbons (Fsp3) is 0.0769. The highest BCUT2D eigenvalue weighted by Crippen LogP contribution is 2.34. The van der Waals surface area contributed by atoms with Crippen LogP contribution in [0.15, 0.2) is 42.5 Å². The van der Waals surface area contributed by atoms with Crippen LogP contribution in [-0.4, -0.2) is 11.5 Å². The summed E-state index contributed by atoms with van der Waals surface area (Å²) in [6.07, 6.45) is -4.78. The average molecular weight is 269 g/mol. The number of hydrogen-bond donors (Lipinski definition) is 2. The Hall–Kier alpha value is -2.37. The Labute approximate surface area is 107 Å². The normalized spacial score (nSPS) is 11.3. The number of ether oxygens (including phenoxy) is 1. The van der Waals surface area contributed by atoms with E-state index in [9.17, 15) is 18.3 Å². The molecule has 19 heavy (non-hydrogen) atoms. The van der Waals surface area contributed by atoms with Crippen molar-refractivity contribution in [2.45, 2.75) is 6.36 Å². The summed E-state index contributed by atoms with van der Waals surface area (Å²) in [6, 6.07) is 9.99. The minimum Gasteiger partial charge on any atom is -0.507 e. The molecule has 0 spiro atoms. The lowest BCUT2D eigenvalue weighted by atomic mass is 10.0. The molecule has 0 fully saturated rings. The molecule has 0 bridgehead atoms. The Morgan fingerprint density at radius 1 is 1.00 bits per heavy atom. The molecule has 0 amide bonds. The summed E-state index contributed by atoms with van der Waals surface area (Å²) in [7, 11) is 0. The zero-order valence-electron chi connectivity index (χ0n) is 9.61. The Morgan fingerprint density at radius 3 is 2.16 bits per heavy atom. The van der Waals surface area contributed by atoms with Crippen molar-refractivity contribution in [1.29, 1.82) is 0 Å². The summed E-state index contributed by atoms with van der Waals surface area (Å²) in [5, 5.41) is 9.73. The monoisotopic (exact) mass is 269 g/mol. The fourth-order valence-electron chi connectivity index (χ4n) is 1.62. The van der Waals surface area contributed by atoms with Crippen LogP contribution in [0.1, 0.15) is 0 Å². The first-order valence-corrected chi connectivity index (χ1v) is 5.30. The van der Waals surface area contributed by atoms with Crippen molar-refractivity contribution in [3.63, 3.8) is 0 Å². The molecule has 0 aliphatic carbocycles. The lowest BCUT2D eigenvalue weighted by molar-refractivity contribution is -0.274. The van der Waals surface area contributed by atoms with E-state index in [1.165, 1.54) is 6.07 Å². The number of halogens is 3. The minimum absolute atomic E-state index is 0.300. The Kier molecular flexibility index (Phi) is 3.25. The molecule has 6 heteroatoms. The van der Waals surface area contributed by atoms with Gasteiger partial charge in [-0.05, 0) is 29.8 Å². The van der Waals surface area contributed by atoms with Gasteiger partial charge in [0.05, 0.1) is 0 Å². The lowest BCUT2D eigenvalue weighted by Crippen LogP contribution is -2.16. The van der Waals surface area contributed by atoms with Crippen molar-refractivity contribution in [3.8, 4) is 22.6 Å². The average Bonchev–Trinajstić information content (AvgIpc) is 2.29. The van der Waals surface area contributed by atoms with Crippen LogP contribution in [0.25, 0.3) is 11.1 Å². The van der Waals surface area contributed by atoms with Crippen molar-refractivity contribution >= 4 is 5.69 Å². The molecule has 0 atom stereocenters. The van der Waals surface area contributed by atoms with E-state index in [1.807, 2.05) is 0 Å². The zero-order chi connectivity index (χ0) is 14.0. The van der Waals surface area contributed by atoms with Gasteiger partial charge in [0.1, 0.15) is 11.5 Å². The van der Waals surface area contributed by atoms with Crippen LogP contribution in [0.2, 0.25) is 0 Å². The van der Waals surface area contributed by atoms with E-state index in [0.717, 1.165) is 12.1 Å². The smallest absolute Gasteiger partial charge is 0.507 e. The van der Waals surface area contributed by atoms with E-state index in [0.29, 0.717) is 16.8 Å². The molecule has 0 saturated carbocycles. The van der Waals surface area contributed by atoms with Crippen molar-refractivity contribution in [2.75, 3.05) is 5.73 Å². The third-order valence-electron chi connectivity index (χ3n) is 2.42. The quantitative estimate of drug-likeness (QED) is 0.820. The van der Waals surface area contributed by atoms with Gasteiger partial charge in [-0.15, -0.1) is 13.2 Å². The number of nitrogen functional groups attached to an aromatic ring is 1. The number of rotatable bonds is 2.